The van der Waals surface area contributed by atoms with Crippen molar-refractivity contribution in [3.05, 3.63) is 70.3 Å². The normalized spacial score (nSPS) is 31.0. The van der Waals surface area contributed by atoms with E-state index < -0.39 is 6.10 Å². The number of halogens is 2. The van der Waals surface area contributed by atoms with E-state index in [1.54, 1.807) is 18.2 Å². The average Bonchev–Trinajstić information content (AvgIpc) is 3.34. The lowest BCUT2D eigenvalue weighted by Crippen LogP contribution is -2.12. The number of aliphatic hydroxyl groups is 1. The van der Waals surface area contributed by atoms with E-state index in [0.29, 0.717) is 47.8 Å². The molecule has 2 aromatic carbocycles. The lowest BCUT2D eigenvalue weighted by Gasteiger charge is -2.22. The summed E-state index contributed by atoms with van der Waals surface area (Å²) < 4.78 is 34.5. The highest BCUT2D eigenvalue weighted by molar-refractivity contribution is 5.34. The molecule has 1 heterocycles. The van der Waals surface area contributed by atoms with E-state index in [4.69, 9.17) is 4.74 Å². The van der Waals surface area contributed by atoms with Crippen LogP contribution in [0.5, 0.6) is 0 Å². The molecule has 1 saturated heterocycles. The number of hydrogen-bond donors (Lipinski definition) is 1. The molecule has 1 aliphatic heterocycles. The van der Waals surface area contributed by atoms with Crippen LogP contribution in [0.2, 0.25) is 0 Å². The molecule has 5 rings (SSSR count). The number of fused-ring (bicyclic) bond motifs is 1. The van der Waals surface area contributed by atoms with Crippen molar-refractivity contribution in [2.24, 2.45) is 11.8 Å². The zero-order valence-electron chi connectivity index (χ0n) is 17.5. The van der Waals surface area contributed by atoms with E-state index in [0.717, 1.165) is 43.2 Å². The Morgan fingerprint density at radius 3 is 2.07 bits per heavy atom. The lowest BCUT2D eigenvalue weighted by atomic mass is 9.82. The number of rotatable bonds is 6. The minimum atomic E-state index is -0.727. The van der Waals surface area contributed by atoms with Crippen molar-refractivity contribution >= 4 is 0 Å². The second-order valence-electron chi connectivity index (χ2n) is 9.38. The molecular formula is C26H30F2O2. The van der Waals surface area contributed by atoms with Gasteiger partial charge in [-0.05, 0) is 79.0 Å². The minimum absolute atomic E-state index is 0.0556. The molecule has 3 fully saturated rings. The molecule has 2 saturated carbocycles. The summed E-state index contributed by atoms with van der Waals surface area (Å²) in [6.07, 6.45) is 4.96. The first kappa shape index (κ1) is 20.1. The second-order valence-corrected chi connectivity index (χ2v) is 9.38. The first-order chi connectivity index (χ1) is 14.6. The van der Waals surface area contributed by atoms with Gasteiger partial charge in [-0.25, -0.2) is 8.78 Å². The molecule has 160 valence electrons. The molecule has 0 spiro atoms. The molecule has 0 bridgehead atoms. The summed E-state index contributed by atoms with van der Waals surface area (Å²) >= 11 is 0. The van der Waals surface area contributed by atoms with Crippen LogP contribution in [0.25, 0.3) is 0 Å². The lowest BCUT2D eigenvalue weighted by molar-refractivity contribution is 0.162. The van der Waals surface area contributed by atoms with E-state index in [-0.39, 0.29) is 17.7 Å². The van der Waals surface area contributed by atoms with Crippen molar-refractivity contribution in [1.82, 2.24) is 0 Å². The van der Waals surface area contributed by atoms with Gasteiger partial charge in [0.15, 0.2) is 0 Å². The van der Waals surface area contributed by atoms with Gasteiger partial charge in [0.2, 0.25) is 0 Å². The van der Waals surface area contributed by atoms with Gasteiger partial charge in [-0.2, -0.15) is 0 Å². The summed E-state index contributed by atoms with van der Waals surface area (Å²) in [5, 5.41) is 10.2. The summed E-state index contributed by atoms with van der Waals surface area (Å²) in [5.41, 5.74) is 3.25. The van der Waals surface area contributed by atoms with Gasteiger partial charge in [0, 0.05) is 11.1 Å². The largest absolute Gasteiger partial charge is 0.388 e. The molecule has 2 nitrogen and oxygen atoms in total. The predicted molar refractivity (Wildman–Crippen MR) is 112 cm³/mol. The molecule has 2 aromatic rings. The first-order valence-corrected chi connectivity index (χ1v) is 11.4. The van der Waals surface area contributed by atoms with Crippen molar-refractivity contribution in [3.63, 3.8) is 0 Å². The highest BCUT2D eigenvalue weighted by Gasteiger charge is 2.46. The van der Waals surface area contributed by atoms with Gasteiger partial charge in [0.1, 0.15) is 17.7 Å². The maximum Gasteiger partial charge on any atom is 0.129 e. The molecule has 6 atom stereocenters. The summed E-state index contributed by atoms with van der Waals surface area (Å²) in [7, 11) is 0. The predicted octanol–water partition coefficient (Wildman–Crippen LogP) is 6.56. The Labute approximate surface area is 177 Å². The number of hydrogen-bond acceptors (Lipinski definition) is 2. The molecule has 30 heavy (non-hydrogen) atoms. The molecule has 1 N–H and O–H groups in total. The van der Waals surface area contributed by atoms with Crippen LogP contribution in [0, 0.1) is 23.5 Å². The highest BCUT2D eigenvalue weighted by Crippen LogP contribution is 2.57. The third-order valence-corrected chi connectivity index (χ3v) is 7.71. The fourth-order valence-corrected chi connectivity index (χ4v) is 6.16. The molecule has 3 aliphatic rings. The maximum absolute atomic E-state index is 14.7. The number of epoxide rings is 1. The highest BCUT2D eigenvalue weighted by atomic mass is 19.1. The molecule has 0 aromatic heterocycles. The Morgan fingerprint density at radius 1 is 0.933 bits per heavy atom. The van der Waals surface area contributed by atoms with Gasteiger partial charge >= 0.3 is 0 Å². The Balaban J connectivity index is 1.33. The number of benzene rings is 2. The van der Waals surface area contributed by atoms with Crippen molar-refractivity contribution in [1.29, 1.82) is 0 Å². The van der Waals surface area contributed by atoms with Crippen LogP contribution >= 0.6 is 0 Å². The van der Waals surface area contributed by atoms with E-state index in [1.165, 1.54) is 0 Å². The van der Waals surface area contributed by atoms with Gasteiger partial charge in [-0.1, -0.05) is 37.6 Å². The second kappa shape index (κ2) is 8.05. The van der Waals surface area contributed by atoms with Crippen molar-refractivity contribution in [3.8, 4) is 0 Å². The Morgan fingerprint density at radius 2 is 1.53 bits per heavy atom. The average molecular weight is 413 g/mol. The topological polar surface area (TPSA) is 32.8 Å². The van der Waals surface area contributed by atoms with Crippen LogP contribution in [0.15, 0.2) is 36.4 Å². The fraction of sp³-hybridized carbons (Fsp3) is 0.538. The number of ether oxygens (including phenoxy) is 1. The molecule has 0 amide bonds. The van der Waals surface area contributed by atoms with Gasteiger partial charge in [0.05, 0.1) is 12.7 Å². The van der Waals surface area contributed by atoms with Crippen molar-refractivity contribution < 1.29 is 18.6 Å². The van der Waals surface area contributed by atoms with Crippen molar-refractivity contribution in [2.75, 3.05) is 6.61 Å². The summed E-state index contributed by atoms with van der Waals surface area (Å²) in [6.45, 7) is 2.61. The van der Waals surface area contributed by atoms with Gasteiger partial charge < -0.3 is 9.84 Å². The molecule has 4 heteroatoms. The molecule has 0 radical (unpaired) electrons. The van der Waals surface area contributed by atoms with Crippen LogP contribution in [0.1, 0.15) is 91.7 Å². The minimum Gasteiger partial charge on any atom is -0.388 e. The molecule has 2 aliphatic carbocycles. The first-order valence-electron chi connectivity index (χ1n) is 11.4. The van der Waals surface area contributed by atoms with Crippen LogP contribution in [0.3, 0.4) is 0 Å². The third kappa shape index (κ3) is 3.58. The van der Waals surface area contributed by atoms with Crippen LogP contribution in [-0.4, -0.2) is 11.7 Å². The zero-order chi connectivity index (χ0) is 20.8. The molecular weight excluding hydrogens is 382 g/mol. The Kier molecular flexibility index (Phi) is 5.40. The van der Waals surface area contributed by atoms with E-state index in [1.807, 2.05) is 19.1 Å². The standard InChI is InChI=1S/C26H30F2O2/c1-2-3-25(29)21-6-4-15(12-23(21)27)17-8-10-20-18(9-11-19(17)20)16-5-7-22(24(28)13-16)26-14-30-26/h4-7,12-13,17-20,25-26,29H,2-3,8-11,14H2,1H3. The van der Waals surface area contributed by atoms with E-state index in [2.05, 4.69) is 6.07 Å². The molecule has 6 unspecified atom stereocenters. The van der Waals surface area contributed by atoms with Gasteiger partial charge in [0.25, 0.3) is 0 Å². The Bertz CT molecular complexity index is 923. The van der Waals surface area contributed by atoms with E-state index in [9.17, 15) is 13.9 Å². The van der Waals surface area contributed by atoms with E-state index >= 15 is 0 Å². The Hall–Kier alpha value is -1.78. The van der Waals surface area contributed by atoms with Gasteiger partial charge in [-0.3, -0.25) is 0 Å². The monoisotopic (exact) mass is 412 g/mol. The maximum atomic E-state index is 14.7. The van der Waals surface area contributed by atoms with Crippen LogP contribution in [-0.2, 0) is 4.74 Å². The van der Waals surface area contributed by atoms with Crippen LogP contribution in [0.4, 0.5) is 8.78 Å². The van der Waals surface area contributed by atoms with Crippen molar-refractivity contribution in [2.45, 2.75) is 69.5 Å². The third-order valence-electron chi connectivity index (χ3n) is 7.71. The summed E-state index contributed by atoms with van der Waals surface area (Å²) in [6, 6.07) is 11.2. The van der Waals surface area contributed by atoms with Gasteiger partial charge in [-0.15, -0.1) is 0 Å². The number of aliphatic hydroxyl groups excluding tert-OH is 1. The summed E-state index contributed by atoms with van der Waals surface area (Å²) in [5.74, 6) is 1.37. The quantitative estimate of drug-likeness (QED) is 0.545. The summed E-state index contributed by atoms with van der Waals surface area (Å²) in [4.78, 5) is 0. The van der Waals surface area contributed by atoms with Crippen LogP contribution < -0.4 is 0 Å². The SMILES string of the molecule is CCCC(O)c1ccc(C2CCC3C(c4ccc(C5CO5)c(F)c4)CCC23)cc1F. The smallest absolute Gasteiger partial charge is 0.129 e. The zero-order valence-corrected chi connectivity index (χ0v) is 17.5. The fourth-order valence-electron chi connectivity index (χ4n) is 6.16.